The van der Waals surface area contributed by atoms with Gasteiger partial charge in [0.15, 0.2) is 5.60 Å². The lowest BCUT2D eigenvalue weighted by atomic mass is 9.83. The van der Waals surface area contributed by atoms with Crippen LogP contribution in [-0.4, -0.2) is 66.1 Å². The van der Waals surface area contributed by atoms with Crippen molar-refractivity contribution in [3.8, 4) is 17.3 Å². The van der Waals surface area contributed by atoms with Gasteiger partial charge < -0.3 is 30.6 Å². The Kier molecular flexibility index (Phi) is 13.8. The number of nitrogens with one attached hydrogen (secondary N) is 2. The summed E-state index contributed by atoms with van der Waals surface area (Å²) < 4.78 is 16.5. The minimum absolute atomic E-state index is 0.195. The highest BCUT2D eigenvalue weighted by Crippen LogP contribution is 2.41. The number of methoxy groups -OCH3 is 1. The molecule has 2 heterocycles. The van der Waals surface area contributed by atoms with E-state index in [1.54, 1.807) is 13.3 Å². The Bertz CT molecular complexity index is 1300. The summed E-state index contributed by atoms with van der Waals surface area (Å²) in [5, 5.41) is 16.5. The Labute approximate surface area is 276 Å². The van der Waals surface area contributed by atoms with Gasteiger partial charge in [0.25, 0.3) is 0 Å². The molecule has 0 saturated heterocycles. The normalized spacial score (nSPS) is 17.9. The second kappa shape index (κ2) is 17.1. The van der Waals surface area contributed by atoms with E-state index in [0.29, 0.717) is 38.0 Å². The zero-order valence-electron chi connectivity index (χ0n) is 29.1. The zero-order valence-corrected chi connectivity index (χ0v) is 29.1. The van der Waals surface area contributed by atoms with E-state index in [2.05, 4.69) is 33.6 Å². The number of pyridine rings is 2. The summed E-state index contributed by atoms with van der Waals surface area (Å²) in [6.07, 6.45) is 11.3. The van der Waals surface area contributed by atoms with Gasteiger partial charge in [0.05, 0.1) is 23.8 Å². The molecule has 2 aromatic rings. The molecule has 0 radical (unpaired) electrons. The lowest BCUT2D eigenvalue weighted by Crippen LogP contribution is -2.43. The van der Waals surface area contributed by atoms with Crippen molar-refractivity contribution in [3.63, 3.8) is 0 Å². The van der Waals surface area contributed by atoms with Gasteiger partial charge in [-0.25, -0.2) is 14.8 Å². The van der Waals surface area contributed by atoms with Gasteiger partial charge in [-0.2, -0.15) is 5.26 Å². The summed E-state index contributed by atoms with van der Waals surface area (Å²) in [6, 6.07) is 10.9. The Morgan fingerprint density at radius 1 is 1.22 bits per heavy atom. The molecule has 4 N–H and O–H groups in total. The summed E-state index contributed by atoms with van der Waals surface area (Å²) in [5.41, 5.74) is 7.03. The minimum Gasteiger partial charge on any atom is -0.458 e. The standard InChI is InChI=1S/C19H25N5O.C17H31NO3/c1-4-19(12-20,8-9-25-3)13-23-18-7-5-6-16(24-18)15-10-17(21)22-11-14(15)2;1-13(18-14-8-6-5-7-9-14)12-20-17(10-11-17)15(19)21-16(2,3)4/h5-7,10-11H,4,8-9,13H2,1-3H3,(H2,21,22)(H,23,24);13-14,18H,5-12H2,1-4H3/t;13-/m.1/s1. The summed E-state index contributed by atoms with van der Waals surface area (Å²) in [4.78, 5) is 20.9. The predicted octanol–water partition coefficient (Wildman–Crippen LogP) is 6.59. The van der Waals surface area contributed by atoms with Gasteiger partial charge in [0, 0.05) is 44.1 Å². The molecule has 2 aromatic heterocycles. The molecule has 2 saturated carbocycles. The topological polar surface area (TPSA) is 144 Å². The van der Waals surface area contributed by atoms with E-state index < -0.39 is 16.6 Å². The number of esters is 1. The van der Waals surface area contributed by atoms with Crippen LogP contribution in [0.4, 0.5) is 11.6 Å². The van der Waals surface area contributed by atoms with E-state index in [-0.39, 0.29) is 12.0 Å². The van der Waals surface area contributed by atoms with E-state index in [4.69, 9.17) is 19.9 Å². The molecule has 0 amide bonds. The fraction of sp³-hybridized carbons (Fsp3) is 0.667. The SMILES string of the molecule is CCC(C#N)(CCOC)CNc1cccc(-c2cc(N)ncc2C)n1.C[C@H](COC1(C(=O)OC(C)(C)C)CC1)NC1CCCCC1. The third-order valence-electron chi connectivity index (χ3n) is 8.67. The molecule has 0 spiro atoms. The predicted molar refractivity (Wildman–Crippen MR) is 183 cm³/mol. The van der Waals surface area contributed by atoms with Crippen LogP contribution in [0, 0.1) is 23.7 Å². The number of anilines is 2. The molecule has 10 nitrogen and oxygen atoms in total. The van der Waals surface area contributed by atoms with Crippen molar-refractivity contribution in [2.24, 2.45) is 5.41 Å². The number of nitrogens with zero attached hydrogens (tertiary/aromatic N) is 3. The number of nitrogens with two attached hydrogens (primary N) is 1. The maximum absolute atomic E-state index is 12.2. The number of aromatic nitrogens is 2. The van der Waals surface area contributed by atoms with Crippen molar-refractivity contribution in [1.29, 1.82) is 5.26 Å². The van der Waals surface area contributed by atoms with Crippen LogP contribution < -0.4 is 16.4 Å². The first-order chi connectivity index (χ1) is 21.8. The van der Waals surface area contributed by atoms with Crippen molar-refractivity contribution in [2.45, 2.75) is 123 Å². The highest BCUT2D eigenvalue weighted by Gasteiger charge is 2.54. The van der Waals surface area contributed by atoms with Crippen LogP contribution in [0.3, 0.4) is 0 Å². The molecule has 2 aliphatic carbocycles. The molecular weight excluding hydrogens is 580 g/mol. The number of hydrogen-bond donors (Lipinski definition) is 3. The number of nitriles is 1. The molecular formula is C36H56N6O4. The fourth-order valence-corrected chi connectivity index (χ4v) is 5.52. The summed E-state index contributed by atoms with van der Waals surface area (Å²) in [7, 11) is 1.65. The van der Waals surface area contributed by atoms with Crippen LogP contribution in [0.15, 0.2) is 30.5 Å². The summed E-state index contributed by atoms with van der Waals surface area (Å²) in [6.45, 7) is 13.5. The number of carbonyl (C=O) groups is 1. The third-order valence-corrected chi connectivity index (χ3v) is 8.67. The smallest absolute Gasteiger partial charge is 0.338 e. The molecule has 0 aliphatic heterocycles. The van der Waals surface area contributed by atoms with E-state index in [9.17, 15) is 10.1 Å². The van der Waals surface area contributed by atoms with E-state index in [0.717, 1.165) is 41.9 Å². The maximum Gasteiger partial charge on any atom is 0.338 e. The Morgan fingerprint density at radius 2 is 1.93 bits per heavy atom. The fourth-order valence-electron chi connectivity index (χ4n) is 5.52. The quantitative estimate of drug-likeness (QED) is 0.194. The average molecular weight is 637 g/mol. The van der Waals surface area contributed by atoms with Gasteiger partial charge >= 0.3 is 5.97 Å². The molecule has 254 valence electrons. The minimum atomic E-state index is -0.657. The van der Waals surface area contributed by atoms with Crippen molar-refractivity contribution in [1.82, 2.24) is 15.3 Å². The average Bonchev–Trinajstić information content (AvgIpc) is 3.83. The maximum atomic E-state index is 12.2. The second-order valence-corrected chi connectivity index (χ2v) is 13.9. The molecule has 10 heteroatoms. The number of nitrogen functional groups attached to an aromatic ring is 1. The summed E-state index contributed by atoms with van der Waals surface area (Å²) in [5.74, 6) is 1.01. The largest absolute Gasteiger partial charge is 0.458 e. The first-order valence-corrected chi connectivity index (χ1v) is 16.8. The molecule has 2 atom stereocenters. The molecule has 46 heavy (non-hydrogen) atoms. The van der Waals surface area contributed by atoms with Gasteiger partial charge in [-0.05, 0) is 96.9 Å². The van der Waals surface area contributed by atoms with E-state index in [1.807, 2.05) is 58.9 Å². The first-order valence-electron chi connectivity index (χ1n) is 16.8. The Morgan fingerprint density at radius 3 is 2.54 bits per heavy atom. The number of ether oxygens (including phenoxy) is 3. The van der Waals surface area contributed by atoms with Crippen molar-refractivity contribution >= 4 is 17.6 Å². The highest BCUT2D eigenvalue weighted by molar-refractivity contribution is 5.83. The molecule has 4 rings (SSSR count). The molecule has 0 aromatic carbocycles. The Balaban J connectivity index is 0.000000254. The molecule has 0 bridgehead atoms. The monoisotopic (exact) mass is 636 g/mol. The van der Waals surface area contributed by atoms with E-state index >= 15 is 0 Å². The van der Waals surface area contributed by atoms with Crippen LogP contribution in [0.1, 0.15) is 98.0 Å². The van der Waals surface area contributed by atoms with Gasteiger partial charge in [-0.15, -0.1) is 0 Å². The van der Waals surface area contributed by atoms with Crippen LogP contribution in [0.2, 0.25) is 0 Å². The lowest BCUT2D eigenvalue weighted by Gasteiger charge is -2.28. The Hall–Kier alpha value is -3.26. The van der Waals surface area contributed by atoms with Crippen LogP contribution >= 0.6 is 0 Å². The van der Waals surface area contributed by atoms with Crippen molar-refractivity contribution in [2.75, 3.05) is 37.9 Å². The molecule has 2 aliphatic rings. The first kappa shape index (κ1) is 37.2. The number of carbonyl (C=O) groups excluding carboxylic acids is 1. The zero-order chi connectivity index (χ0) is 33.8. The number of aryl methyl sites for hydroxylation is 1. The molecule has 2 fully saturated rings. The number of rotatable bonds is 14. The summed E-state index contributed by atoms with van der Waals surface area (Å²) >= 11 is 0. The van der Waals surface area contributed by atoms with Crippen molar-refractivity contribution < 1.29 is 19.0 Å². The molecule has 1 unspecified atom stereocenters. The van der Waals surface area contributed by atoms with Crippen molar-refractivity contribution in [3.05, 3.63) is 36.0 Å². The van der Waals surface area contributed by atoms with E-state index in [1.165, 1.54) is 32.1 Å². The van der Waals surface area contributed by atoms with Gasteiger partial charge in [-0.3, -0.25) is 0 Å². The van der Waals surface area contributed by atoms with Gasteiger partial charge in [0.2, 0.25) is 0 Å². The van der Waals surface area contributed by atoms with Crippen LogP contribution in [0.25, 0.3) is 11.3 Å². The number of hydrogen-bond acceptors (Lipinski definition) is 10. The van der Waals surface area contributed by atoms with Crippen LogP contribution in [0.5, 0.6) is 0 Å². The van der Waals surface area contributed by atoms with Gasteiger partial charge in [-0.1, -0.05) is 32.3 Å². The van der Waals surface area contributed by atoms with Crippen LogP contribution in [-0.2, 0) is 19.0 Å². The second-order valence-electron chi connectivity index (χ2n) is 13.9. The lowest BCUT2D eigenvalue weighted by molar-refractivity contribution is -0.172. The highest BCUT2D eigenvalue weighted by atomic mass is 16.6. The van der Waals surface area contributed by atoms with Gasteiger partial charge in [0.1, 0.15) is 17.2 Å². The third kappa shape index (κ3) is 11.5.